The molecule has 6 heteroatoms. The Morgan fingerprint density at radius 2 is 2.14 bits per heavy atom. The van der Waals surface area contributed by atoms with Crippen LogP contribution in [0.4, 0.5) is 0 Å². The maximum Gasteiger partial charge on any atom is 0.409 e. The van der Waals surface area contributed by atoms with E-state index in [1.54, 1.807) is 12.1 Å². The van der Waals surface area contributed by atoms with E-state index in [9.17, 15) is 4.79 Å². The Morgan fingerprint density at radius 3 is 2.64 bits per heavy atom. The first-order chi connectivity index (χ1) is 6.61. The molecule has 0 aliphatic rings. The second kappa shape index (κ2) is 4.61. The summed E-state index contributed by atoms with van der Waals surface area (Å²) in [6, 6.07) is 3.24. The topological polar surface area (TPSA) is 39.4 Å². The molecule has 0 bridgehead atoms. The van der Waals surface area contributed by atoms with Crippen molar-refractivity contribution in [3.8, 4) is 0 Å². The van der Waals surface area contributed by atoms with Gasteiger partial charge in [-0.25, -0.2) is 4.79 Å². The van der Waals surface area contributed by atoms with E-state index in [2.05, 4.69) is 20.7 Å². The van der Waals surface area contributed by atoms with Crippen LogP contribution in [0.25, 0.3) is 0 Å². The van der Waals surface area contributed by atoms with Crippen LogP contribution < -0.4 is 9.57 Å². The molecule has 0 radical (unpaired) electrons. The summed E-state index contributed by atoms with van der Waals surface area (Å²) < 4.78 is 6.32. The lowest BCUT2D eigenvalue weighted by Crippen LogP contribution is -2.47. The van der Waals surface area contributed by atoms with Gasteiger partial charge in [0.25, 0.3) is 0 Å². The molecule has 14 heavy (non-hydrogen) atoms. The van der Waals surface area contributed by atoms with Gasteiger partial charge in [0.2, 0.25) is 0 Å². The van der Waals surface area contributed by atoms with Gasteiger partial charge in [-0.15, -0.1) is 0 Å². The minimum absolute atomic E-state index is 0.211. The van der Waals surface area contributed by atoms with Crippen LogP contribution in [0.3, 0.4) is 0 Å². The number of nitrogens with zero attached hydrogens (tertiary/aromatic N) is 1. The van der Waals surface area contributed by atoms with Crippen molar-refractivity contribution >= 4 is 33.5 Å². The molecular formula is C8H8BrClNO3+. The van der Waals surface area contributed by atoms with E-state index < -0.39 is 5.97 Å². The number of carbonyl (C=O) groups excluding carboxylic acids is 1. The monoisotopic (exact) mass is 280 g/mol. The number of aromatic nitrogens is 1. The van der Waals surface area contributed by atoms with Crippen LogP contribution in [0.2, 0.25) is 5.15 Å². The van der Waals surface area contributed by atoms with E-state index >= 15 is 0 Å². The van der Waals surface area contributed by atoms with Crippen LogP contribution in [-0.2, 0) is 4.74 Å². The Bertz CT molecular complexity index is 370. The molecule has 1 rings (SSSR count). The van der Waals surface area contributed by atoms with Crippen LogP contribution in [-0.4, -0.2) is 20.2 Å². The number of pyridine rings is 1. The van der Waals surface area contributed by atoms with Crippen molar-refractivity contribution in [3.05, 3.63) is 27.5 Å². The lowest BCUT2D eigenvalue weighted by molar-refractivity contribution is -0.885. The van der Waals surface area contributed by atoms with E-state index in [4.69, 9.17) is 16.4 Å². The van der Waals surface area contributed by atoms with E-state index in [0.29, 0.717) is 4.47 Å². The zero-order valence-corrected chi connectivity index (χ0v) is 9.92. The summed E-state index contributed by atoms with van der Waals surface area (Å²) in [5, 5.41) is 0.288. The normalized spacial score (nSPS) is 9.71. The molecule has 0 unspecified atom stereocenters. The molecule has 0 atom stereocenters. The number of rotatable bonds is 2. The first kappa shape index (κ1) is 11.3. The molecule has 0 aromatic carbocycles. The van der Waals surface area contributed by atoms with Gasteiger partial charge in [-0.3, -0.25) is 4.84 Å². The average molecular weight is 282 g/mol. The van der Waals surface area contributed by atoms with Gasteiger partial charge in [0.15, 0.2) is 0 Å². The van der Waals surface area contributed by atoms with Gasteiger partial charge in [0.1, 0.15) is 11.6 Å². The maximum absolute atomic E-state index is 11.4. The Hall–Kier alpha value is -0.810. The molecule has 4 nitrogen and oxygen atoms in total. The van der Waals surface area contributed by atoms with Gasteiger partial charge in [-0.1, -0.05) is 0 Å². The number of ether oxygens (including phenoxy) is 1. The summed E-state index contributed by atoms with van der Waals surface area (Å²) in [7, 11) is 2.69. The first-order valence-electron chi connectivity index (χ1n) is 3.64. The van der Waals surface area contributed by atoms with E-state index in [-0.39, 0.29) is 10.8 Å². The summed E-state index contributed by atoms with van der Waals surface area (Å²) >= 11 is 9.02. The highest BCUT2D eigenvalue weighted by molar-refractivity contribution is 9.10. The van der Waals surface area contributed by atoms with E-state index in [1.165, 1.54) is 19.0 Å². The van der Waals surface area contributed by atoms with Gasteiger partial charge >= 0.3 is 16.8 Å². The minimum atomic E-state index is -0.527. The van der Waals surface area contributed by atoms with Crippen LogP contribution >= 0.6 is 27.5 Å². The summed E-state index contributed by atoms with van der Waals surface area (Å²) in [4.78, 5) is 16.3. The van der Waals surface area contributed by atoms with Crippen LogP contribution in [0.1, 0.15) is 10.5 Å². The smallest absolute Gasteiger partial charge is 0.409 e. The summed E-state index contributed by atoms with van der Waals surface area (Å²) in [6.45, 7) is 0. The van der Waals surface area contributed by atoms with Gasteiger partial charge in [0, 0.05) is 10.8 Å². The predicted octanol–water partition coefficient (Wildman–Crippen LogP) is 1.24. The number of esters is 1. The van der Waals surface area contributed by atoms with Crippen LogP contribution in [0.5, 0.6) is 0 Å². The molecule has 0 spiro atoms. The molecule has 76 valence electrons. The summed E-state index contributed by atoms with van der Waals surface area (Å²) in [6.07, 6.45) is 0. The third-order valence-electron chi connectivity index (χ3n) is 1.55. The molecule has 0 saturated carbocycles. The number of methoxy groups -OCH3 is 1. The second-order valence-corrected chi connectivity index (χ2v) is 3.56. The average Bonchev–Trinajstić information content (AvgIpc) is 2.19. The lowest BCUT2D eigenvalue weighted by atomic mass is 10.3. The largest absolute Gasteiger partial charge is 0.461 e. The van der Waals surface area contributed by atoms with Gasteiger partial charge in [-0.05, 0) is 33.6 Å². The molecule has 0 aliphatic carbocycles. The molecule has 0 fully saturated rings. The minimum Gasteiger partial charge on any atom is -0.461 e. The fourth-order valence-corrected chi connectivity index (χ4v) is 1.62. The zero-order chi connectivity index (χ0) is 10.7. The van der Waals surface area contributed by atoms with Crippen molar-refractivity contribution in [1.29, 1.82) is 0 Å². The quantitative estimate of drug-likeness (QED) is 0.465. The molecule has 0 N–H and O–H groups in total. The highest BCUT2D eigenvalue weighted by Gasteiger charge is 2.28. The fourth-order valence-electron chi connectivity index (χ4n) is 0.948. The van der Waals surface area contributed by atoms with Gasteiger partial charge in [0.05, 0.1) is 7.11 Å². The number of hydrogen-bond acceptors (Lipinski definition) is 3. The van der Waals surface area contributed by atoms with E-state index in [0.717, 1.165) is 0 Å². The first-order valence-corrected chi connectivity index (χ1v) is 4.81. The van der Waals surface area contributed by atoms with Gasteiger partial charge < -0.3 is 4.74 Å². The molecule has 0 amide bonds. The molecule has 1 aromatic heterocycles. The number of hydrogen-bond donors (Lipinski definition) is 0. The summed E-state index contributed by atoms with van der Waals surface area (Å²) in [5.74, 6) is -0.527. The van der Waals surface area contributed by atoms with Crippen LogP contribution in [0, 0.1) is 0 Å². The SMILES string of the molecule is COC(=O)c1c(Br)ccc(Cl)[n+]1OC. The number of halogens is 2. The van der Waals surface area contributed by atoms with Crippen molar-refractivity contribution in [1.82, 2.24) is 0 Å². The number of carbonyl (C=O) groups is 1. The zero-order valence-electron chi connectivity index (χ0n) is 7.58. The maximum atomic E-state index is 11.4. The van der Waals surface area contributed by atoms with Crippen molar-refractivity contribution in [2.75, 3.05) is 14.2 Å². The van der Waals surface area contributed by atoms with Gasteiger partial charge in [-0.2, -0.15) is 0 Å². The van der Waals surface area contributed by atoms with Crippen molar-refractivity contribution in [2.24, 2.45) is 0 Å². The van der Waals surface area contributed by atoms with Crippen molar-refractivity contribution < 1.29 is 19.1 Å². The molecular weight excluding hydrogens is 273 g/mol. The Morgan fingerprint density at radius 1 is 1.50 bits per heavy atom. The molecule has 1 heterocycles. The Kier molecular flexibility index (Phi) is 3.71. The standard InChI is InChI=1S/C8H8BrClNO3/c1-13-8(12)7-5(9)3-4-6(10)11(7)14-2/h3-4H,1-2H3/q+1. The molecule has 0 aliphatic heterocycles. The van der Waals surface area contributed by atoms with E-state index in [1.807, 2.05) is 0 Å². The van der Waals surface area contributed by atoms with Crippen molar-refractivity contribution in [2.45, 2.75) is 0 Å². The Balaban J connectivity index is 3.37. The fraction of sp³-hybridized carbons (Fsp3) is 0.250. The predicted molar refractivity (Wildman–Crippen MR) is 53.2 cm³/mol. The lowest BCUT2D eigenvalue weighted by Gasteiger charge is -2.01. The Labute approximate surface area is 94.5 Å². The van der Waals surface area contributed by atoms with Crippen molar-refractivity contribution in [3.63, 3.8) is 0 Å². The highest BCUT2D eigenvalue weighted by atomic mass is 79.9. The highest BCUT2D eigenvalue weighted by Crippen LogP contribution is 2.16. The molecule has 1 aromatic rings. The second-order valence-electron chi connectivity index (χ2n) is 2.32. The summed E-state index contributed by atoms with van der Waals surface area (Å²) in [5.41, 5.74) is 0.211. The third kappa shape index (κ3) is 1.99. The molecule has 0 saturated heterocycles. The third-order valence-corrected chi connectivity index (χ3v) is 2.47. The van der Waals surface area contributed by atoms with Crippen LogP contribution in [0.15, 0.2) is 16.6 Å².